The molecule has 1 unspecified atom stereocenters. The smallest absolute Gasteiger partial charge is 0.0994 e. The molecule has 3 nitrogen and oxygen atoms in total. The van der Waals surface area contributed by atoms with Gasteiger partial charge in [0.1, 0.15) is 0 Å². The monoisotopic (exact) mass is 192 g/mol. The lowest BCUT2D eigenvalue weighted by molar-refractivity contribution is 0.0123. The van der Waals surface area contributed by atoms with E-state index in [2.05, 4.69) is 4.98 Å². The van der Waals surface area contributed by atoms with Crippen molar-refractivity contribution in [3.05, 3.63) is 29.6 Å². The molecule has 2 rings (SSSR count). The van der Waals surface area contributed by atoms with Crippen LogP contribution in [0.3, 0.4) is 0 Å². The molecule has 0 saturated carbocycles. The van der Waals surface area contributed by atoms with Gasteiger partial charge in [0.2, 0.25) is 0 Å². The van der Waals surface area contributed by atoms with Gasteiger partial charge in [0.15, 0.2) is 0 Å². The van der Waals surface area contributed by atoms with Gasteiger partial charge in [-0.15, -0.1) is 0 Å². The molecule has 76 valence electrons. The predicted molar refractivity (Wildman–Crippen MR) is 54.7 cm³/mol. The molecule has 1 aromatic rings. The van der Waals surface area contributed by atoms with E-state index in [1.807, 2.05) is 18.3 Å². The van der Waals surface area contributed by atoms with Crippen LogP contribution >= 0.6 is 0 Å². The third-order valence-corrected chi connectivity index (χ3v) is 2.59. The molecule has 0 spiro atoms. The minimum absolute atomic E-state index is 0.204. The van der Waals surface area contributed by atoms with Crippen LogP contribution in [0.15, 0.2) is 18.3 Å². The number of pyridine rings is 1. The maximum absolute atomic E-state index is 5.64. The van der Waals surface area contributed by atoms with Crippen LogP contribution in [0.5, 0.6) is 0 Å². The summed E-state index contributed by atoms with van der Waals surface area (Å²) in [6, 6.07) is 4.05. The maximum Gasteiger partial charge on any atom is 0.0994 e. The van der Waals surface area contributed by atoms with Crippen molar-refractivity contribution < 1.29 is 4.74 Å². The molecule has 0 aromatic carbocycles. The van der Waals surface area contributed by atoms with Crippen LogP contribution in [0.1, 0.15) is 36.6 Å². The van der Waals surface area contributed by atoms with Gasteiger partial charge in [0.25, 0.3) is 0 Å². The third kappa shape index (κ3) is 2.11. The summed E-state index contributed by atoms with van der Waals surface area (Å²) in [5.74, 6) is 0. The van der Waals surface area contributed by atoms with Crippen molar-refractivity contribution >= 4 is 0 Å². The second-order valence-electron chi connectivity index (χ2n) is 3.65. The van der Waals surface area contributed by atoms with Crippen molar-refractivity contribution in [3.8, 4) is 0 Å². The average Bonchev–Trinajstić information content (AvgIpc) is 2.30. The number of aromatic nitrogens is 1. The van der Waals surface area contributed by atoms with Crippen LogP contribution in [0.2, 0.25) is 0 Å². The van der Waals surface area contributed by atoms with E-state index < -0.39 is 0 Å². The fraction of sp³-hybridized carbons (Fsp3) is 0.545. The van der Waals surface area contributed by atoms with Gasteiger partial charge in [-0.05, 0) is 30.9 Å². The second kappa shape index (κ2) is 4.53. The van der Waals surface area contributed by atoms with E-state index in [0.29, 0.717) is 6.54 Å². The first-order valence-electron chi connectivity index (χ1n) is 5.16. The number of nitrogens with two attached hydrogens (primary N) is 1. The first-order chi connectivity index (χ1) is 6.90. The zero-order valence-corrected chi connectivity index (χ0v) is 8.28. The van der Waals surface area contributed by atoms with E-state index in [-0.39, 0.29) is 6.10 Å². The molecule has 0 bridgehead atoms. The Morgan fingerprint density at radius 1 is 1.43 bits per heavy atom. The molecule has 0 amide bonds. The normalized spacial score (nSPS) is 22.2. The largest absolute Gasteiger partial charge is 0.372 e. The molecule has 2 N–H and O–H groups in total. The lowest BCUT2D eigenvalue weighted by Gasteiger charge is -2.21. The SMILES string of the molecule is NCc1ccc(C2CCCCO2)nc1. The molecular formula is C11H16N2O. The number of hydrogen-bond acceptors (Lipinski definition) is 3. The molecule has 1 saturated heterocycles. The molecule has 14 heavy (non-hydrogen) atoms. The summed E-state index contributed by atoms with van der Waals surface area (Å²) in [5.41, 5.74) is 7.62. The Balaban J connectivity index is 2.07. The minimum atomic E-state index is 0.204. The molecule has 1 aromatic heterocycles. The lowest BCUT2D eigenvalue weighted by Crippen LogP contribution is -2.13. The Morgan fingerprint density at radius 2 is 2.36 bits per heavy atom. The van der Waals surface area contributed by atoms with Crippen LogP contribution < -0.4 is 5.73 Å². The van der Waals surface area contributed by atoms with Gasteiger partial charge in [0.05, 0.1) is 11.8 Å². The highest BCUT2D eigenvalue weighted by molar-refractivity contribution is 5.15. The molecule has 1 fully saturated rings. The summed E-state index contributed by atoms with van der Waals surface area (Å²) in [7, 11) is 0. The van der Waals surface area contributed by atoms with Crippen LogP contribution in [0, 0.1) is 0 Å². The first-order valence-corrected chi connectivity index (χ1v) is 5.16. The van der Waals surface area contributed by atoms with E-state index in [9.17, 15) is 0 Å². The number of ether oxygens (including phenoxy) is 1. The van der Waals surface area contributed by atoms with Crippen molar-refractivity contribution in [1.82, 2.24) is 4.98 Å². The molecule has 2 heterocycles. The molecule has 1 aliphatic rings. The van der Waals surface area contributed by atoms with Gasteiger partial charge >= 0.3 is 0 Å². The molecule has 1 aliphatic heterocycles. The fourth-order valence-corrected chi connectivity index (χ4v) is 1.72. The van der Waals surface area contributed by atoms with Crippen LogP contribution in [0.25, 0.3) is 0 Å². The Morgan fingerprint density at radius 3 is 2.93 bits per heavy atom. The minimum Gasteiger partial charge on any atom is -0.372 e. The first kappa shape index (κ1) is 9.62. The van der Waals surface area contributed by atoms with Gasteiger partial charge in [-0.1, -0.05) is 6.07 Å². The second-order valence-corrected chi connectivity index (χ2v) is 3.65. The fourth-order valence-electron chi connectivity index (χ4n) is 1.72. The number of rotatable bonds is 2. The molecule has 1 atom stereocenters. The summed E-state index contributed by atoms with van der Waals surface area (Å²) in [5, 5.41) is 0. The summed E-state index contributed by atoms with van der Waals surface area (Å²) in [6.45, 7) is 1.42. The van der Waals surface area contributed by atoms with Crippen molar-refractivity contribution in [2.45, 2.75) is 31.9 Å². The summed E-state index contributed by atoms with van der Waals surface area (Å²) < 4.78 is 5.64. The van der Waals surface area contributed by atoms with E-state index in [0.717, 1.165) is 24.3 Å². The van der Waals surface area contributed by atoms with Crippen molar-refractivity contribution in [1.29, 1.82) is 0 Å². The topological polar surface area (TPSA) is 48.1 Å². The summed E-state index contributed by atoms with van der Waals surface area (Å²) in [4.78, 5) is 4.37. The highest BCUT2D eigenvalue weighted by Gasteiger charge is 2.16. The van der Waals surface area contributed by atoms with Crippen molar-refractivity contribution in [2.75, 3.05) is 6.61 Å². The lowest BCUT2D eigenvalue weighted by atomic mass is 10.1. The van der Waals surface area contributed by atoms with Gasteiger partial charge in [-0.3, -0.25) is 4.98 Å². The van der Waals surface area contributed by atoms with Gasteiger partial charge in [0, 0.05) is 19.3 Å². The maximum atomic E-state index is 5.64. The molecular weight excluding hydrogens is 176 g/mol. The quantitative estimate of drug-likeness (QED) is 0.777. The summed E-state index contributed by atoms with van der Waals surface area (Å²) in [6.07, 6.45) is 5.56. The third-order valence-electron chi connectivity index (χ3n) is 2.59. The zero-order valence-electron chi connectivity index (χ0n) is 8.28. The molecule has 0 radical (unpaired) electrons. The van der Waals surface area contributed by atoms with E-state index >= 15 is 0 Å². The van der Waals surface area contributed by atoms with Gasteiger partial charge in [-0.2, -0.15) is 0 Å². The number of hydrogen-bond donors (Lipinski definition) is 1. The van der Waals surface area contributed by atoms with Crippen molar-refractivity contribution in [2.24, 2.45) is 5.73 Å². The van der Waals surface area contributed by atoms with E-state index in [4.69, 9.17) is 10.5 Å². The summed E-state index contributed by atoms with van der Waals surface area (Å²) >= 11 is 0. The standard InChI is InChI=1S/C11H16N2O/c12-7-9-4-5-10(13-8-9)11-3-1-2-6-14-11/h4-5,8,11H,1-3,6-7,12H2. The van der Waals surface area contributed by atoms with Gasteiger partial charge < -0.3 is 10.5 Å². The van der Waals surface area contributed by atoms with Gasteiger partial charge in [-0.25, -0.2) is 0 Å². The molecule has 0 aliphatic carbocycles. The Kier molecular flexibility index (Phi) is 3.11. The van der Waals surface area contributed by atoms with Crippen molar-refractivity contribution in [3.63, 3.8) is 0 Å². The Bertz CT molecular complexity index is 278. The highest BCUT2D eigenvalue weighted by atomic mass is 16.5. The van der Waals surface area contributed by atoms with E-state index in [1.54, 1.807) is 0 Å². The Labute approximate surface area is 84.3 Å². The number of nitrogens with zero attached hydrogens (tertiary/aromatic N) is 1. The highest BCUT2D eigenvalue weighted by Crippen LogP contribution is 2.26. The van der Waals surface area contributed by atoms with Crippen LogP contribution in [-0.2, 0) is 11.3 Å². The van der Waals surface area contributed by atoms with Crippen LogP contribution in [-0.4, -0.2) is 11.6 Å². The molecule has 3 heteroatoms. The average molecular weight is 192 g/mol. The predicted octanol–water partition coefficient (Wildman–Crippen LogP) is 1.78. The van der Waals surface area contributed by atoms with E-state index in [1.165, 1.54) is 12.8 Å². The van der Waals surface area contributed by atoms with Crippen LogP contribution in [0.4, 0.5) is 0 Å². The zero-order chi connectivity index (χ0) is 9.80. The Hall–Kier alpha value is -0.930.